The molecule has 2 heterocycles. The van der Waals surface area contributed by atoms with Crippen molar-refractivity contribution in [2.75, 3.05) is 19.7 Å². The number of rotatable bonds is 4. The molecule has 150 valence electrons. The number of pyridine rings is 1. The van der Waals surface area contributed by atoms with E-state index in [0.29, 0.717) is 43.6 Å². The summed E-state index contributed by atoms with van der Waals surface area (Å²) < 4.78 is 38.9. The lowest BCUT2D eigenvalue weighted by atomic mass is 9.74. The van der Waals surface area contributed by atoms with E-state index < -0.39 is 17.2 Å². The van der Waals surface area contributed by atoms with Crippen LogP contribution in [0.15, 0.2) is 42.5 Å². The summed E-state index contributed by atoms with van der Waals surface area (Å²) in [5, 5.41) is 9.97. The minimum Gasteiger partial charge on any atom is -0.396 e. The van der Waals surface area contributed by atoms with E-state index in [-0.39, 0.29) is 12.5 Å². The number of aromatic nitrogens is 1. The highest BCUT2D eigenvalue weighted by Gasteiger charge is 2.37. The normalized spacial score (nSPS) is 16.8. The molecule has 0 aliphatic carbocycles. The number of carbonyl (C=O) groups is 1. The predicted molar refractivity (Wildman–Crippen MR) is 98.8 cm³/mol. The lowest BCUT2D eigenvalue weighted by molar-refractivity contribution is -0.137. The van der Waals surface area contributed by atoms with Gasteiger partial charge in [-0.3, -0.25) is 4.79 Å². The van der Waals surface area contributed by atoms with Crippen LogP contribution in [-0.4, -0.2) is 40.6 Å². The Morgan fingerprint density at radius 3 is 2.46 bits per heavy atom. The number of aryl methyl sites for hydroxylation is 1. The Labute approximate surface area is 162 Å². The average Bonchev–Trinajstić information content (AvgIpc) is 2.67. The number of piperidine rings is 1. The fourth-order valence-electron chi connectivity index (χ4n) is 3.69. The number of hydrogen-bond acceptors (Lipinski definition) is 3. The van der Waals surface area contributed by atoms with Gasteiger partial charge in [-0.05, 0) is 49.9 Å². The van der Waals surface area contributed by atoms with Gasteiger partial charge < -0.3 is 10.0 Å². The fourth-order valence-corrected chi connectivity index (χ4v) is 3.69. The van der Waals surface area contributed by atoms with Crippen LogP contribution in [0.4, 0.5) is 13.2 Å². The summed E-state index contributed by atoms with van der Waals surface area (Å²) in [6.07, 6.45) is -2.99. The molecule has 1 N–H and O–H groups in total. The van der Waals surface area contributed by atoms with Crippen molar-refractivity contribution < 1.29 is 23.1 Å². The summed E-state index contributed by atoms with van der Waals surface area (Å²) in [6, 6.07) is 10.5. The Bertz CT molecular complexity index is 844. The number of hydrogen-bond donors (Lipinski definition) is 1. The number of amides is 1. The van der Waals surface area contributed by atoms with Crippen molar-refractivity contribution in [3.8, 4) is 0 Å². The smallest absolute Gasteiger partial charge is 0.396 e. The van der Waals surface area contributed by atoms with E-state index in [1.165, 1.54) is 6.07 Å². The molecule has 3 rings (SSSR count). The SMILES string of the molecule is Cc1cccc(C(=O)N2CCC(CO)(Cc3cccc(C(F)(F)F)c3)CC2)n1. The molecule has 0 spiro atoms. The van der Waals surface area contributed by atoms with E-state index in [2.05, 4.69) is 4.98 Å². The van der Waals surface area contributed by atoms with Gasteiger partial charge in [0.15, 0.2) is 0 Å². The summed E-state index contributed by atoms with van der Waals surface area (Å²) in [5.74, 6) is -0.158. The third-order valence-electron chi connectivity index (χ3n) is 5.39. The highest BCUT2D eigenvalue weighted by Crippen LogP contribution is 2.37. The van der Waals surface area contributed by atoms with Crippen molar-refractivity contribution in [3.63, 3.8) is 0 Å². The van der Waals surface area contributed by atoms with Crippen molar-refractivity contribution in [1.29, 1.82) is 0 Å². The average molecular weight is 392 g/mol. The molecule has 1 fully saturated rings. The second kappa shape index (κ2) is 7.91. The molecule has 1 amide bonds. The van der Waals surface area contributed by atoms with Crippen LogP contribution in [0.25, 0.3) is 0 Å². The highest BCUT2D eigenvalue weighted by molar-refractivity contribution is 5.92. The Kier molecular flexibility index (Phi) is 5.74. The zero-order valence-electron chi connectivity index (χ0n) is 15.7. The molecule has 2 aromatic rings. The molecule has 1 aromatic heterocycles. The van der Waals surface area contributed by atoms with Crippen LogP contribution in [0.3, 0.4) is 0 Å². The van der Waals surface area contributed by atoms with Crippen LogP contribution >= 0.6 is 0 Å². The van der Waals surface area contributed by atoms with Crippen LogP contribution in [-0.2, 0) is 12.6 Å². The van der Waals surface area contributed by atoms with E-state index in [4.69, 9.17) is 0 Å². The molecule has 0 radical (unpaired) electrons. The molecule has 7 heteroatoms. The minimum absolute atomic E-state index is 0.131. The van der Waals surface area contributed by atoms with Gasteiger partial charge in [-0.25, -0.2) is 4.98 Å². The fraction of sp³-hybridized carbons (Fsp3) is 0.429. The van der Waals surface area contributed by atoms with E-state index in [0.717, 1.165) is 17.8 Å². The van der Waals surface area contributed by atoms with Gasteiger partial charge in [0.2, 0.25) is 0 Å². The second-order valence-electron chi connectivity index (χ2n) is 7.49. The summed E-state index contributed by atoms with van der Waals surface area (Å²) in [7, 11) is 0. The van der Waals surface area contributed by atoms with Crippen LogP contribution in [0.5, 0.6) is 0 Å². The monoisotopic (exact) mass is 392 g/mol. The van der Waals surface area contributed by atoms with Crippen molar-refractivity contribution in [1.82, 2.24) is 9.88 Å². The third-order valence-corrected chi connectivity index (χ3v) is 5.39. The summed E-state index contributed by atoms with van der Waals surface area (Å²) in [5.41, 5.74) is 0.479. The van der Waals surface area contributed by atoms with Gasteiger partial charge in [0.25, 0.3) is 5.91 Å². The Morgan fingerprint density at radius 1 is 1.18 bits per heavy atom. The van der Waals surface area contributed by atoms with Crippen LogP contribution < -0.4 is 0 Å². The summed E-state index contributed by atoms with van der Waals surface area (Å²) >= 11 is 0. The number of benzene rings is 1. The highest BCUT2D eigenvalue weighted by atomic mass is 19.4. The molecular weight excluding hydrogens is 369 g/mol. The van der Waals surface area contributed by atoms with E-state index in [1.54, 1.807) is 23.1 Å². The number of halogens is 3. The first-order valence-corrected chi connectivity index (χ1v) is 9.22. The largest absolute Gasteiger partial charge is 0.416 e. The Balaban J connectivity index is 1.69. The van der Waals surface area contributed by atoms with E-state index in [1.807, 2.05) is 13.0 Å². The van der Waals surface area contributed by atoms with Crippen molar-refractivity contribution >= 4 is 5.91 Å². The van der Waals surface area contributed by atoms with Gasteiger partial charge in [0.1, 0.15) is 5.69 Å². The predicted octanol–water partition coefficient (Wildman–Crippen LogP) is 3.87. The van der Waals surface area contributed by atoms with Crippen molar-refractivity contribution in [2.24, 2.45) is 5.41 Å². The van der Waals surface area contributed by atoms with Crippen LogP contribution in [0, 0.1) is 12.3 Å². The third kappa shape index (κ3) is 4.52. The van der Waals surface area contributed by atoms with Gasteiger partial charge in [-0.1, -0.05) is 24.3 Å². The molecule has 0 atom stereocenters. The van der Waals surface area contributed by atoms with Gasteiger partial charge in [0.05, 0.1) is 5.56 Å². The molecule has 1 saturated heterocycles. The molecule has 28 heavy (non-hydrogen) atoms. The first-order chi connectivity index (χ1) is 13.2. The minimum atomic E-state index is -4.39. The molecule has 1 aromatic carbocycles. The molecule has 0 bridgehead atoms. The zero-order chi connectivity index (χ0) is 20.4. The van der Waals surface area contributed by atoms with E-state index >= 15 is 0 Å². The lowest BCUT2D eigenvalue weighted by Gasteiger charge is -2.41. The maximum Gasteiger partial charge on any atom is 0.416 e. The molecule has 0 unspecified atom stereocenters. The molecule has 1 aliphatic rings. The maximum absolute atomic E-state index is 13.0. The Hall–Kier alpha value is -2.41. The molecule has 0 saturated carbocycles. The van der Waals surface area contributed by atoms with Gasteiger partial charge in [-0.15, -0.1) is 0 Å². The maximum atomic E-state index is 13.0. The quantitative estimate of drug-likeness (QED) is 0.860. The van der Waals surface area contributed by atoms with Gasteiger partial charge >= 0.3 is 6.18 Å². The van der Waals surface area contributed by atoms with Gasteiger partial charge in [0, 0.05) is 30.8 Å². The standard InChI is InChI=1S/C21H23F3N2O2/c1-15-4-2-7-18(25-15)19(28)26-10-8-20(14-27,9-11-26)13-16-5-3-6-17(12-16)21(22,23)24/h2-7,12,27H,8-11,13-14H2,1H3. The molecular formula is C21H23F3N2O2. The number of nitrogens with zero attached hydrogens (tertiary/aromatic N) is 2. The molecule has 1 aliphatic heterocycles. The number of aliphatic hydroxyl groups is 1. The summed E-state index contributed by atoms with van der Waals surface area (Å²) in [6.45, 7) is 2.56. The van der Waals surface area contributed by atoms with Crippen LogP contribution in [0.1, 0.15) is 40.2 Å². The first kappa shape index (κ1) is 20.3. The first-order valence-electron chi connectivity index (χ1n) is 9.22. The molecule has 4 nitrogen and oxygen atoms in total. The zero-order valence-corrected chi connectivity index (χ0v) is 15.7. The topological polar surface area (TPSA) is 53.4 Å². The van der Waals surface area contributed by atoms with E-state index in [9.17, 15) is 23.1 Å². The number of carbonyl (C=O) groups excluding carboxylic acids is 1. The van der Waals surface area contributed by atoms with Crippen molar-refractivity contribution in [3.05, 3.63) is 65.0 Å². The number of aliphatic hydroxyl groups excluding tert-OH is 1. The number of likely N-dealkylation sites (tertiary alicyclic amines) is 1. The number of alkyl halides is 3. The Morgan fingerprint density at radius 2 is 1.86 bits per heavy atom. The van der Waals surface area contributed by atoms with Crippen molar-refractivity contribution in [2.45, 2.75) is 32.4 Å². The second-order valence-corrected chi connectivity index (χ2v) is 7.49. The van der Waals surface area contributed by atoms with Gasteiger partial charge in [-0.2, -0.15) is 13.2 Å². The van der Waals surface area contributed by atoms with Crippen LogP contribution in [0.2, 0.25) is 0 Å². The lowest BCUT2D eigenvalue weighted by Crippen LogP contribution is -2.45. The summed E-state index contributed by atoms with van der Waals surface area (Å²) in [4.78, 5) is 18.6.